The van der Waals surface area contributed by atoms with Crippen molar-refractivity contribution >= 4 is 27.3 Å². The first-order valence-electron chi connectivity index (χ1n) is 4.77. The van der Waals surface area contributed by atoms with Gasteiger partial charge in [-0.25, -0.2) is 8.42 Å². The minimum Gasteiger partial charge on any atom is -0.284 e. The molecule has 0 unspecified atom stereocenters. The standard InChI is InChI=1S/C10H10ClN3O2S/c1-7-3-2-4-9(10(7)11)14-17(15,16)8-5-12-13-6-8/h2-6,14H,1H3,(H,12,13). The molecule has 0 aliphatic heterocycles. The second-order valence-corrected chi connectivity index (χ2v) is 5.54. The number of halogens is 1. The zero-order valence-corrected chi connectivity index (χ0v) is 10.5. The highest BCUT2D eigenvalue weighted by atomic mass is 35.5. The van der Waals surface area contributed by atoms with E-state index in [1.54, 1.807) is 25.1 Å². The van der Waals surface area contributed by atoms with E-state index in [1.807, 2.05) is 0 Å². The summed E-state index contributed by atoms with van der Waals surface area (Å²) >= 11 is 6.01. The van der Waals surface area contributed by atoms with Gasteiger partial charge in [-0.2, -0.15) is 5.10 Å². The van der Waals surface area contributed by atoms with Crippen LogP contribution < -0.4 is 4.72 Å². The number of nitrogens with zero attached hydrogens (tertiary/aromatic N) is 1. The average Bonchev–Trinajstić information content (AvgIpc) is 2.78. The maximum absolute atomic E-state index is 11.9. The predicted molar refractivity (Wildman–Crippen MR) is 65.6 cm³/mol. The van der Waals surface area contributed by atoms with E-state index in [1.165, 1.54) is 12.4 Å². The van der Waals surface area contributed by atoms with Crippen molar-refractivity contribution in [2.75, 3.05) is 4.72 Å². The quantitative estimate of drug-likeness (QED) is 0.898. The van der Waals surface area contributed by atoms with Crippen molar-refractivity contribution in [3.8, 4) is 0 Å². The van der Waals surface area contributed by atoms with Gasteiger partial charge in [0.05, 0.1) is 16.9 Å². The van der Waals surface area contributed by atoms with Gasteiger partial charge in [-0.15, -0.1) is 0 Å². The Morgan fingerprint density at radius 3 is 2.82 bits per heavy atom. The number of anilines is 1. The molecule has 1 aromatic carbocycles. The second-order valence-electron chi connectivity index (χ2n) is 3.48. The molecule has 0 atom stereocenters. The molecule has 2 aromatic rings. The molecule has 0 aliphatic carbocycles. The summed E-state index contributed by atoms with van der Waals surface area (Å²) in [6, 6.07) is 5.14. The van der Waals surface area contributed by atoms with Gasteiger partial charge in [0.15, 0.2) is 0 Å². The first-order chi connectivity index (χ1) is 8.00. The van der Waals surface area contributed by atoms with Gasteiger partial charge in [-0.1, -0.05) is 23.7 Å². The molecule has 7 heteroatoms. The lowest BCUT2D eigenvalue weighted by atomic mass is 10.2. The summed E-state index contributed by atoms with van der Waals surface area (Å²) < 4.78 is 26.2. The first kappa shape index (κ1) is 11.9. The molecular weight excluding hydrogens is 262 g/mol. The van der Waals surface area contributed by atoms with Crippen LogP contribution >= 0.6 is 11.6 Å². The van der Waals surface area contributed by atoms with Crippen LogP contribution in [-0.2, 0) is 10.0 Å². The minimum atomic E-state index is -3.64. The Balaban J connectivity index is 2.37. The fourth-order valence-corrected chi connectivity index (χ4v) is 2.52. The van der Waals surface area contributed by atoms with Crippen LogP contribution in [0, 0.1) is 6.92 Å². The Morgan fingerprint density at radius 1 is 1.41 bits per heavy atom. The smallest absolute Gasteiger partial charge is 0.265 e. The van der Waals surface area contributed by atoms with Crippen molar-refractivity contribution in [1.29, 1.82) is 0 Å². The summed E-state index contributed by atoms with van der Waals surface area (Å²) in [5, 5.41) is 6.43. The number of hydrogen-bond donors (Lipinski definition) is 2. The van der Waals surface area contributed by atoms with Gasteiger partial charge in [0.2, 0.25) is 0 Å². The molecule has 0 fully saturated rings. The van der Waals surface area contributed by atoms with Gasteiger partial charge in [-0.05, 0) is 18.6 Å². The predicted octanol–water partition coefficient (Wildman–Crippen LogP) is 2.17. The number of H-pyrrole nitrogens is 1. The number of rotatable bonds is 3. The average molecular weight is 272 g/mol. The van der Waals surface area contributed by atoms with E-state index in [0.29, 0.717) is 10.7 Å². The van der Waals surface area contributed by atoms with E-state index in [9.17, 15) is 8.42 Å². The normalized spacial score (nSPS) is 11.4. The fraction of sp³-hybridized carbons (Fsp3) is 0.100. The number of aromatic nitrogens is 2. The van der Waals surface area contributed by atoms with Gasteiger partial charge < -0.3 is 0 Å². The maximum atomic E-state index is 11.9. The van der Waals surface area contributed by atoms with E-state index in [-0.39, 0.29) is 4.90 Å². The molecule has 0 saturated heterocycles. The fourth-order valence-electron chi connectivity index (χ4n) is 1.32. The Hall–Kier alpha value is -1.53. The Labute approximate surface area is 104 Å². The topological polar surface area (TPSA) is 74.8 Å². The highest BCUT2D eigenvalue weighted by Gasteiger charge is 2.16. The third-order valence-electron chi connectivity index (χ3n) is 2.22. The summed E-state index contributed by atoms with van der Waals surface area (Å²) in [6.45, 7) is 1.80. The molecule has 1 aromatic heterocycles. The van der Waals surface area contributed by atoms with Gasteiger partial charge in [-0.3, -0.25) is 9.82 Å². The van der Waals surface area contributed by atoms with Crippen LogP contribution in [0.5, 0.6) is 0 Å². The van der Waals surface area contributed by atoms with Gasteiger partial charge in [0, 0.05) is 6.20 Å². The lowest BCUT2D eigenvalue weighted by Gasteiger charge is -2.09. The molecule has 0 bridgehead atoms. The van der Waals surface area contributed by atoms with E-state index in [0.717, 1.165) is 5.56 Å². The number of sulfonamides is 1. The Kier molecular flexibility index (Phi) is 3.08. The summed E-state index contributed by atoms with van der Waals surface area (Å²) in [6.07, 6.45) is 2.53. The van der Waals surface area contributed by atoms with Crippen LogP contribution in [0.2, 0.25) is 5.02 Å². The molecule has 0 saturated carbocycles. The Bertz CT molecular complexity index is 623. The number of nitrogens with one attached hydrogen (secondary N) is 2. The number of aryl methyl sites for hydroxylation is 1. The van der Waals surface area contributed by atoms with E-state index >= 15 is 0 Å². The van der Waals surface area contributed by atoms with E-state index in [4.69, 9.17) is 11.6 Å². The van der Waals surface area contributed by atoms with Crippen molar-refractivity contribution in [1.82, 2.24) is 10.2 Å². The van der Waals surface area contributed by atoms with Crippen LogP contribution in [-0.4, -0.2) is 18.6 Å². The third kappa shape index (κ3) is 2.42. The monoisotopic (exact) mass is 271 g/mol. The molecular formula is C10H10ClN3O2S. The number of hydrogen-bond acceptors (Lipinski definition) is 3. The van der Waals surface area contributed by atoms with Crippen molar-refractivity contribution in [2.45, 2.75) is 11.8 Å². The van der Waals surface area contributed by atoms with Crippen LogP contribution in [0.4, 0.5) is 5.69 Å². The van der Waals surface area contributed by atoms with Crippen LogP contribution in [0.15, 0.2) is 35.5 Å². The summed E-state index contributed by atoms with van der Waals surface area (Å²) in [7, 11) is -3.64. The molecule has 5 nitrogen and oxygen atoms in total. The second kappa shape index (κ2) is 4.38. The molecule has 2 N–H and O–H groups in total. The Morgan fingerprint density at radius 2 is 2.18 bits per heavy atom. The van der Waals surface area contributed by atoms with Crippen LogP contribution in [0.25, 0.3) is 0 Å². The summed E-state index contributed by atoms with van der Waals surface area (Å²) in [4.78, 5) is 0.0649. The van der Waals surface area contributed by atoms with E-state index < -0.39 is 10.0 Å². The largest absolute Gasteiger partial charge is 0.284 e. The molecule has 0 spiro atoms. The molecule has 0 amide bonds. The lowest BCUT2D eigenvalue weighted by molar-refractivity contribution is 0.601. The lowest BCUT2D eigenvalue weighted by Crippen LogP contribution is -2.12. The zero-order chi connectivity index (χ0) is 12.5. The molecule has 0 radical (unpaired) electrons. The number of benzene rings is 1. The van der Waals surface area contributed by atoms with Crippen LogP contribution in [0.3, 0.4) is 0 Å². The van der Waals surface area contributed by atoms with Crippen molar-refractivity contribution in [3.05, 3.63) is 41.2 Å². The van der Waals surface area contributed by atoms with Crippen molar-refractivity contribution in [3.63, 3.8) is 0 Å². The molecule has 1 heterocycles. The molecule has 0 aliphatic rings. The van der Waals surface area contributed by atoms with E-state index in [2.05, 4.69) is 14.9 Å². The zero-order valence-electron chi connectivity index (χ0n) is 8.94. The molecule has 2 rings (SSSR count). The minimum absolute atomic E-state index is 0.0649. The molecule has 17 heavy (non-hydrogen) atoms. The van der Waals surface area contributed by atoms with Crippen LogP contribution in [0.1, 0.15) is 5.56 Å². The molecule has 90 valence electrons. The highest BCUT2D eigenvalue weighted by Crippen LogP contribution is 2.27. The SMILES string of the molecule is Cc1cccc(NS(=O)(=O)c2cn[nH]c2)c1Cl. The van der Waals surface area contributed by atoms with Crippen molar-refractivity contribution in [2.24, 2.45) is 0 Å². The van der Waals surface area contributed by atoms with Gasteiger partial charge in [0.1, 0.15) is 4.90 Å². The summed E-state index contributed by atoms with van der Waals surface area (Å²) in [5.41, 5.74) is 1.16. The summed E-state index contributed by atoms with van der Waals surface area (Å²) in [5.74, 6) is 0. The van der Waals surface area contributed by atoms with Gasteiger partial charge >= 0.3 is 0 Å². The van der Waals surface area contributed by atoms with Gasteiger partial charge in [0.25, 0.3) is 10.0 Å². The first-order valence-corrected chi connectivity index (χ1v) is 6.63. The third-order valence-corrected chi connectivity index (χ3v) is 4.05. The maximum Gasteiger partial charge on any atom is 0.265 e. The van der Waals surface area contributed by atoms with Crippen molar-refractivity contribution < 1.29 is 8.42 Å². The number of aromatic amines is 1. The highest BCUT2D eigenvalue weighted by molar-refractivity contribution is 7.92.